The maximum absolute atomic E-state index is 12.6. The van der Waals surface area contributed by atoms with Crippen molar-refractivity contribution in [2.75, 3.05) is 5.32 Å². The molecular weight excluding hydrogens is 346 g/mol. The van der Waals surface area contributed by atoms with E-state index < -0.39 is 28.4 Å². The van der Waals surface area contributed by atoms with Gasteiger partial charge in [0, 0.05) is 12.4 Å². The quantitative estimate of drug-likeness (QED) is 0.807. The monoisotopic (exact) mass is 351 g/mol. The zero-order valence-corrected chi connectivity index (χ0v) is 12.0. The van der Waals surface area contributed by atoms with Gasteiger partial charge in [-0.2, -0.15) is 13.2 Å². The van der Waals surface area contributed by atoms with Crippen LogP contribution >= 0.6 is 23.2 Å². The van der Waals surface area contributed by atoms with Crippen LogP contribution in [-0.2, 0) is 6.18 Å². The van der Waals surface area contributed by atoms with Crippen molar-refractivity contribution in [2.45, 2.75) is 6.18 Å². The summed E-state index contributed by atoms with van der Waals surface area (Å²) in [6.07, 6.45) is -2.27. The van der Waals surface area contributed by atoms with Crippen LogP contribution in [-0.4, -0.2) is 21.0 Å². The molecule has 0 aliphatic heterocycles. The van der Waals surface area contributed by atoms with Gasteiger partial charge in [-0.25, -0.2) is 9.97 Å². The average Bonchev–Trinajstić information content (AvgIpc) is 2.41. The lowest BCUT2D eigenvalue weighted by Gasteiger charge is -2.13. The van der Waals surface area contributed by atoms with Gasteiger partial charge in [-0.3, -0.25) is 4.79 Å². The number of nitrogens with one attached hydrogen (secondary N) is 1. The predicted molar refractivity (Wildman–Crippen MR) is 73.1 cm³/mol. The van der Waals surface area contributed by atoms with Gasteiger partial charge in [0.15, 0.2) is 10.8 Å². The van der Waals surface area contributed by atoms with E-state index in [2.05, 4.69) is 15.3 Å². The van der Waals surface area contributed by atoms with Gasteiger partial charge >= 0.3 is 6.18 Å². The van der Waals surface area contributed by atoms with Gasteiger partial charge in [0.2, 0.25) is 0 Å². The van der Waals surface area contributed by atoms with Gasteiger partial charge in [0.05, 0.1) is 16.3 Å². The third-order valence-corrected chi connectivity index (χ3v) is 3.10. The molecule has 2 aromatic rings. The topological polar surface area (TPSA) is 75.1 Å². The molecule has 0 atom stereocenters. The van der Waals surface area contributed by atoms with Crippen molar-refractivity contribution in [3.8, 4) is 5.75 Å². The fourth-order valence-electron chi connectivity index (χ4n) is 1.53. The smallest absolute Gasteiger partial charge is 0.417 e. The molecule has 0 saturated heterocycles. The van der Waals surface area contributed by atoms with E-state index >= 15 is 0 Å². The number of nitrogens with zero attached hydrogens (tertiary/aromatic N) is 2. The van der Waals surface area contributed by atoms with E-state index in [4.69, 9.17) is 23.2 Å². The number of hydrogen-bond acceptors (Lipinski definition) is 4. The largest absolute Gasteiger partial charge is 0.506 e. The number of benzene rings is 1. The molecule has 22 heavy (non-hydrogen) atoms. The van der Waals surface area contributed by atoms with Crippen LogP contribution in [0.2, 0.25) is 10.2 Å². The summed E-state index contributed by atoms with van der Waals surface area (Å²) in [7, 11) is 0. The molecule has 1 amide bonds. The van der Waals surface area contributed by atoms with Crippen LogP contribution in [0.1, 0.15) is 16.1 Å². The molecule has 0 spiro atoms. The fourth-order valence-corrected chi connectivity index (χ4v) is 2.00. The first-order valence-electron chi connectivity index (χ1n) is 5.57. The number of aromatic hydroxyl groups is 1. The molecule has 1 aromatic carbocycles. The number of amides is 1. The van der Waals surface area contributed by atoms with E-state index in [0.717, 1.165) is 6.07 Å². The summed E-state index contributed by atoms with van der Waals surface area (Å²) in [5, 5.41) is 10.9. The van der Waals surface area contributed by atoms with E-state index in [0.29, 0.717) is 6.07 Å². The summed E-state index contributed by atoms with van der Waals surface area (Å²) < 4.78 is 37.9. The highest BCUT2D eigenvalue weighted by molar-refractivity contribution is 6.33. The molecule has 10 heteroatoms. The summed E-state index contributed by atoms with van der Waals surface area (Å²) in [4.78, 5) is 19.2. The van der Waals surface area contributed by atoms with Crippen LogP contribution in [0, 0.1) is 0 Å². The predicted octanol–water partition coefficient (Wildman–Crippen LogP) is 3.76. The highest BCUT2D eigenvalue weighted by Gasteiger charge is 2.34. The van der Waals surface area contributed by atoms with Crippen molar-refractivity contribution in [3.63, 3.8) is 0 Å². The molecule has 0 fully saturated rings. The Hall–Kier alpha value is -2.06. The molecule has 116 valence electrons. The van der Waals surface area contributed by atoms with Gasteiger partial charge < -0.3 is 10.4 Å². The van der Waals surface area contributed by atoms with Gasteiger partial charge in [0.25, 0.3) is 5.91 Å². The molecule has 0 unspecified atom stereocenters. The Morgan fingerprint density at radius 2 is 1.82 bits per heavy atom. The number of hydrogen-bond donors (Lipinski definition) is 2. The summed E-state index contributed by atoms with van der Waals surface area (Å²) in [5.74, 6) is -1.66. The van der Waals surface area contributed by atoms with E-state index in [1.165, 1.54) is 12.4 Å². The number of alkyl halides is 3. The molecule has 2 N–H and O–H groups in total. The van der Waals surface area contributed by atoms with Crippen molar-refractivity contribution in [1.29, 1.82) is 0 Å². The van der Waals surface area contributed by atoms with Crippen molar-refractivity contribution < 1.29 is 23.1 Å². The number of rotatable bonds is 2. The third-order valence-electron chi connectivity index (χ3n) is 2.51. The first kappa shape index (κ1) is 16.3. The van der Waals surface area contributed by atoms with Gasteiger partial charge in [-0.1, -0.05) is 23.2 Å². The van der Waals surface area contributed by atoms with Crippen LogP contribution < -0.4 is 5.32 Å². The van der Waals surface area contributed by atoms with E-state index in [1.54, 1.807) is 0 Å². The van der Waals surface area contributed by atoms with Crippen LogP contribution in [0.3, 0.4) is 0 Å². The van der Waals surface area contributed by atoms with Crippen molar-refractivity contribution in [1.82, 2.24) is 9.97 Å². The molecule has 0 saturated carbocycles. The first-order valence-corrected chi connectivity index (χ1v) is 6.33. The summed E-state index contributed by atoms with van der Waals surface area (Å²) >= 11 is 11.2. The van der Waals surface area contributed by atoms with E-state index in [1.807, 2.05) is 0 Å². The lowest BCUT2D eigenvalue weighted by molar-refractivity contribution is -0.137. The van der Waals surface area contributed by atoms with Crippen LogP contribution in [0.5, 0.6) is 5.75 Å². The fraction of sp³-hybridized carbons (Fsp3) is 0.0833. The molecule has 0 aliphatic rings. The number of carbonyl (C=O) groups is 1. The molecule has 0 aliphatic carbocycles. The maximum Gasteiger partial charge on any atom is 0.417 e. The normalized spacial score (nSPS) is 11.3. The Balaban J connectivity index is 2.33. The summed E-state index contributed by atoms with van der Waals surface area (Å²) in [5.41, 5.74) is -1.79. The minimum atomic E-state index is -4.73. The zero-order chi connectivity index (χ0) is 16.5. The lowest BCUT2D eigenvalue weighted by atomic mass is 10.1. The minimum Gasteiger partial charge on any atom is -0.506 e. The molecular formula is C12H6Cl2F3N3O2. The number of phenolic OH excluding ortho intramolecular Hbond substituents is 1. The van der Waals surface area contributed by atoms with Crippen LogP contribution in [0.15, 0.2) is 24.5 Å². The highest BCUT2D eigenvalue weighted by atomic mass is 35.5. The molecule has 1 aromatic heterocycles. The number of carbonyl (C=O) groups excluding carboxylic acids is 1. The summed E-state index contributed by atoms with van der Waals surface area (Å²) in [6, 6.07) is 1.19. The summed E-state index contributed by atoms with van der Waals surface area (Å²) in [6.45, 7) is 0. The second-order valence-electron chi connectivity index (χ2n) is 4.00. The number of anilines is 1. The third kappa shape index (κ3) is 3.40. The van der Waals surface area contributed by atoms with Gasteiger partial charge in [-0.05, 0) is 12.1 Å². The second kappa shape index (κ2) is 5.98. The standard InChI is InChI=1S/C12H6Cl2F3N3O2/c13-6-4-7(8(21)3-5(6)12(15,16)17)20-11(22)9-10(14)19-2-1-18-9/h1-4,21H,(H,20,22). The SMILES string of the molecule is O=C(Nc1cc(Cl)c(C(F)(F)F)cc1O)c1nccnc1Cl. The van der Waals surface area contributed by atoms with E-state index in [-0.39, 0.29) is 16.5 Å². The Bertz CT molecular complexity index is 738. The maximum atomic E-state index is 12.6. The van der Waals surface area contributed by atoms with Crippen molar-refractivity contribution in [2.24, 2.45) is 0 Å². The average molecular weight is 352 g/mol. The van der Waals surface area contributed by atoms with Crippen molar-refractivity contribution in [3.05, 3.63) is 46.0 Å². The Morgan fingerprint density at radius 3 is 2.41 bits per heavy atom. The molecule has 5 nitrogen and oxygen atoms in total. The van der Waals surface area contributed by atoms with Gasteiger partial charge in [0.1, 0.15) is 5.75 Å². The Morgan fingerprint density at radius 1 is 1.18 bits per heavy atom. The minimum absolute atomic E-state index is 0.197. The Kier molecular flexibility index (Phi) is 4.43. The highest BCUT2D eigenvalue weighted by Crippen LogP contribution is 2.40. The van der Waals surface area contributed by atoms with Crippen LogP contribution in [0.25, 0.3) is 0 Å². The van der Waals surface area contributed by atoms with Crippen LogP contribution in [0.4, 0.5) is 18.9 Å². The van der Waals surface area contributed by atoms with Gasteiger partial charge in [-0.15, -0.1) is 0 Å². The molecule has 2 rings (SSSR count). The first-order chi connectivity index (χ1) is 10.2. The number of phenols is 1. The molecule has 0 radical (unpaired) electrons. The second-order valence-corrected chi connectivity index (χ2v) is 4.76. The molecule has 1 heterocycles. The molecule has 0 bridgehead atoms. The van der Waals surface area contributed by atoms with Crippen molar-refractivity contribution >= 4 is 34.8 Å². The number of halogens is 5. The Labute approximate surface area is 131 Å². The lowest BCUT2D eigenvalue weighted by Crippen LogP contribution is -2.15. The van der Waals surface area contributed by atoms with E-state index in [9.17, 15) is 23.1 Å². The zero-order valence-electron chi connectivity index (χ0n) is 10.4. The number of aromatic nitrogens is 2.